The van der Waals surface area contributed by atoms with Crippen molar-refractivity contribution in [3.63, 3.8) is 0 Å². The van der Waals surface area contributed by atoms with Crippen LogP contribution in [-0.2, 0) is 5.41 Å². The van der Waals surface area contributed by atoms with E-state index in [0.717, 1.165) is 28.8 Å². The smallest absolute Gasteiger partial charge is 0.151 e. The third-order valence-corrected chi connectivity index (χ3v) is 3.94. The van der Waals surface area contributed by atoms with Crippen LogP contribution in [0.5, 0.6) is 0 Å². The lowest BCUT2D eigenvalue weighted by Gasteiger charge is -2.18. The fourth-order valence-corrected chi connectivity index (χ4v) is 2.64. The van der Waals surface area contributed by atoms with Gasteiger partial charge in [-0.25, -0.2) is 4.98 Å². The summed E-state index contributed by atoms with van der Waals surface area (Å²) in [5.41, 5.74) is 6.02. The monoisotopic (exact) mass is 292 g/mol. The largest absolute Gasteiger partial charge is 0.306 e. The van der Waals surface area contributed by atoms with Crippen LogP contribution in [-0.4, -0.2) is 15.7 Å². The first-order valence-corrected chi connectivity index (χ1v) is 7.44. The van der Waals surface area contributed by atoms with Crippen LogP contribution < -0.4 is 0 Å². The number of carbonyl (C=O) groups is 1. The predicted molar refractivity (Wildman–Crippen MR) is 89.5 cm³/mol. The number of hydrogen-bond acceptors (Lipinski definition) is 2. The molecule has 0 unspecified atom stereocenters. The number of imidazole rings is 1. The first-order chi connectivity index (χ1) is 10.4. The van der Waals surface area contributed by atoms with Gasteiger partial charge in [-0.05, 0) is 29.5 Å². The summed E-state index contributed by atoms with van der Waals surface area (Å²) >= 11 is 0. The van der Waals surface area contributed by atoms with Crippen molar-refractivity contribution >= 4 is 11.9 Å². The molecule has 0 aliphatic carbocycles. The van der Waals surface area contributed by atoms with Gasteiger partial charge in [0, 0.05) is 23.5 Å². The molecule has 0 saturated carbocycles. The maximum atomic E-state index is 11.0. The number of aromatic nitrogens is 2. The van der Waals surface area contributed by atoms with Crippen LogP contribution >= 0.6 is 0 Å². The lowest BCUT2D eigenvalue weighted by molar-refractivity contribution is 0.112. The van der Waals surface area contributed by atoms with Gasteiger partial charge < -0.3 is 4.40 Å². The van der Waals surface area contributed by atoms with E-state index in [9.17, 15) is 4.79 Å². The van der Waals surface area contributed by atoms with Gasteiger partial charge in [0.1, 0.15) is 5.65 Å². The Morgan fingerprint density at radius 1 is 1.09 bits per heavy atom. The average Bonchev–Trinajstić information content (AvgIpc) is 2.91. The Morgan fingerprint density at radius 2 is 1.77 bits per heavy atom. The molecule has 22 heavy (non-hydrogen) atoms. The Labute approximate surface area is 130 Å². The van der Waals surface area contributed by atoms with Crippen LogP contribution in [0.15, 0.2) is 42.7 Å². The van der Waals surface area contributed by atoms with Gasteiger partial charge in [0.05, 0.1) is 5.69 Å². The van der Waals surface area contributed by atoms with Gasteiger partial charge in [-0.1, -0.05) is 45.0 Å². The second-order valence-corrected chi connectivity index (χ2v) is 6.76. The maximum absolute atomic E-state index is 11.0. The number of pyridine rings is 1. The molecule has 112 valence electrons. The Balaban J connectivity index is 2.07. The third-order valence-electron chi connectivity index (χ3n) is 3.94. The molecule has 3 aromatic rings. The molecule has 1 aromatic carbocycles. The van der Waals surface area contributed by atoms with Crippen molar-refractivity contribution in [1.82, 2.24) is 9.38 Å². The summed E-state index contributed by atoms with van der Waals surface area (Å²) < 4.78 is 1.92. The van der Waals surface area contributed by atoms with Gasteiger partial charge in [0.15, 0.2) is 6.29 Å². The number of hydrogen-bond donors (Lipinski definition) is 0. The third kappa shape index (κ3) is 2.54. The van der Waals surface area contributed by atoms with Crippen LogP contribution in [0.25, 0.3) is 16.9 Å². The highest BCUT2D eigenvalue weighted by Crippen LogP contribution is 2.26. The van der Waals surface area contributed by atoms with Crippen LogP contribution in [0.3, 0.4) is 0 Å². The first kappa shape index (κ1) is 14.5. The first-order valence-electron chi connectivity index (χ1n) is 7.44. The highest BCUT2D eigenvalue weighted by atomic mass is 16.1. The van der Waals surface area contributed by atoms with E-state index in [0.29, 0.717) is 5.56 Å². The molecule has 2 heterocycles. The van der Waals surface area contributed by atoms with Gasteiger partial charge >= 0.3 is 0 Å². The van der Waals surface area contributed by atoms with Crippen molar-refractivity contribution in [2.24, 2.45) is 0 Å². The summed E-state index contributed by atoms with van der Waals surface area (Å²) in [7, 11) is 0. The highest BCUT2D eigenvalue weighted by Gasteiger charge is 2.14. The zero-order valence-corrected chi connectivity index (χ0v) is 13.4. The number of nitrogens with zero attached hydrogens (tertiary/aromatic N) is 2. The molecule has 0 radical (unpaired) electrons. The van der Waals surface area contributed by atoms with Crippen molar-refractivity contribution < 1.29 is 4.79 Å². The quantitative estimate of drug-likeness (QED) is 0.655. The summed E-state index contributed by atoms with van der Waals surface area (Å²) in [6.07, 6.45) is 4.65. The molecule has 0 saturated heterocycles. The SMILES string of the molecule is Cc1cc(C=O)cn2cc(-c3ccc(C(C)(C)C)cc3)nc12. The van der Waals surface area contributed by atoms with Gasteiger partial charge in [0.2, 0.25) is 0 Å². The number of aldehydes is 1. The van der Waals surface area contributed by atoms with Crippen molar-refractivity contribution in [3.05, 3.63) is 59.4 Å². The number of carbonyl (C=O) groups excluding carboxylic acids is 1. The van der Waals surface area contributed by atoms with Gasteiger partial charge in [-0.15, -0.1) is 0 Å². The number of aryl methyl sites for hydroxylation is 1. The van der Waals surface area contributed by atoms with E-state index in [1.807, 2.05) is 29.8 Å². The molecular formula is C19H20N2O. The molecule has 0 aliphatic rings. The Kier molecular flexibility index (Phi) is 3.36. The standard InChI is InChI=1S/C19H20N2O/c1-13-9-14(12-22)10-21-11-17(20-18(13)21)15-5-7-16(8-6-15)19(2,3)4/h5-12H,1-4H3. The number of fused-ring (bicyclic) bond motifs is 1. The van der Waals surface area contributed by atoms with Crippen molar-refractivity contribution in [3.8, 4) is 11.3 Å². The summed E-state index contributed by atoms with van der Waals surface area (Å²) in [5.74, 6) is 0. The molecule has 0 atom stereocenters. The lowest BCUT2D eigenvalue weighted by Crippen LogP contribution is -2.10. The van der Waals surface area contributed by atoms with E-state index < -0.39 is 0 Å². The fourth-order valence-electron chi connectivity index (χ4n) is 2.64. The minimum absolute atomic E-state index is 0.146. The summed E-state index contributed by atoms with van der Waals surface area (Å²) in [5, 5.41) is 0. The van der Waals surface area contributed by atoms with Crippen molar-refractivity contribution in [2.45, 2.75) is 33.1 Å². The molecular weight excluding hydrogens is 272 g/mol. The molecule has 3 heteroatoms. The van der Waals surface area contributed by atoms with Crippen molar-refractivity contribution in [1.29, 1.82) is 0 Å². The molecule has 0 aliphatic heterocycles. The molecule has 0 spiro atoms. The van der Waals surface area contributed by atoms with E-state index in [1.165, 1.54) is 5.56 Å². The zero-order chi connectivity index (χ0) is 15.9. The van der Waals surface area contributed by atoms with Crippen molar-refractivity contribution in [2.75, 3.05) is 0 Å². The Hall–Kier alpha value is -2.42. The molecule has 2 aromatic heterocycles. The second-order valence-electron chi connectivity index (χ2n) is 6.76. The van der Waals surface area contributed by atoms with Gasteiger partial charge in [-0.2, -0.15) is 0 Å². The predicted octanol–water partition coefficient (Wildman–Crippen LogP) is 4.42. The van der Waals surface area contributed by atoms with Crippen LogP contribution in [0.1, 0.15) is 42.3 Å². The van der Waals surface area contributed by atoms with E-state index in [-0.39, 0.29) is 5.41 Å². The minimum Gasteiger partial charge on any atom is -0.306 e. The van der Waals surface area contributed by atoms with Gasteiger partial charge in [-0.3, -0.25) is 4.79 Å². The summed E-state index contributed by atoms with van der Waals surface area (Å²) in [6.45, 7) is 8.59. The lowest BCUT2D eigenvalue weighted by atomic mass is 9.86. The minimum atomic E-state index is 0.146. The normalized spacial score (nSPS) is 11.8. The molecule has 0 bridgehead atoms. The summed E-state index contributed by atoms with van der Waals surface area (Å²) in [6, 6.07) is 10.4. The number of benzene rings is 1. The Morgan fingerprint density at radius 3 is 2.36 bits per heavy atom. The molecule has 0 amide bonds. The van der Waals surface area contributed by atoms with E-state index >= 15 is 0 Å². The second kappa shape index (κ2) is 5.09. The molecule has 0 fully saturated rings. The van der Waals surface area contributed by atoms with Gasteiger partial charge in [0.25, 0.3) is 0 Å². The zero-order valence-electron chi connectivity index (χ0n) is 13.4. The molecule has 3 rings (SSSR count). The number of rotatable bonds is 2. The van der Waals surface area contributed by atoms with E-state index in [1.54, 1.807) is 0 Å². The van der Waals surface area contributed by atoms with E-state index in [4.69, 9.17) is 4.98 Å². The maximum Gasteiger partial charge on any atom is 0.151 e. The fraction of sp³-hybridized carbons (Fsp3) is 0.263. The Bertz CT molecular complexity index is 836. The summed E-state index contributed by atoms with van der Waals surface area (Å²) in [4.78, 5) is 15.7. The topological polar surface area (TPSA) is 34.4 Å². The highest BCUT2D eigenvalue weighted by molar-refractivity contribution is 5.76. The molecule has 3 nitrogen and oxygen atoms in total. The molecule has 0 N–H and O–H groups in total. The van der Waals surface area contributed by atoms with Crippen LogP contribution in [0.2, 0.25) is 0 Å². The van der Waals surface area contributed by atoms with E-state index in [2.05, 4.69) is 45.0 Å². The van der Waals surface area contributed by atoms with Crippen LogP contribution in [0, 0.1) is 6.92 Å². The average molecular weight is 292 g/mol. The van der Waals surface area contributed by atoms with Crippen LogP contribution in [0.4, 0.5) is 0 Å².